The highest BCUT2D eigenvalue weighted by Crippen LogP contribution is 2.44. The Morgan fingerprint density at radius 3 is 2.59 bits per heavy atom. The summed E-state index contributed by atoms with van der Waals surface area (Å²) in [5, 5.41) is 6.98. The Labute approximate surface area is 162 Å². The van der Waals surface area contributed by atoms with Crippen LogP contribution in [0.2, 0.25) is 0 Å². The summed E-state index contributed by atoms with van der Waals surface area (Å²) < 4.78 is 4.93. The zero-order valence-corrected chi connectivity index (χ0v) is 16.4. The van der Waals surface area contributed by atoms with Gasteiger partial charge in [0.1, 0.15) is 5.92 Å². The minimum absolute atomic E-state index is 0.118. The number of nitrogens with one attached hydrogen (secondary N) is 2. The number of fused-ring (bicyclic) bond motifs is 1. The lowest BCUT2D eigenvalue weighted by Gasteiger charge is -2.32. The number of anilines is 2. The van der Waals surface area contributed by atoms with Gasteiger partial charge >= 0.3 is 5.97 Å². The number of hydrogen-bond acceptors (Lipinski definition) is 6. The standard InChI is InChI=1S/C21H22N2O3S/c1-11-10-15-18(20(24)17(11)21(25)26-3)19(16-9-8-12(2)27-16)23-14-7-5-4-6-13(14)22-15/h4-9,11,17,19,22-23H,10H2,1-3H3/t11-,17-,19+/m0/s1. The fraction of sp³-hybridized carbons (Fsp3) is 0.333. The van der Waals surface area contributed by atoms with E-state index in [-0.39, 0.29) is 17.7 Å². The second-order valence-corrected chi connectivity index (χ2v) is 8.45. The van der Waals surface area contributed by atoms with Crippen LogP contribution in [0.5, 0.6) is 0 Å². The second kappa shape index (κ2) is 6.85. The number of carbonyl (C=O) groups excluding carboxylic acids is 2. The van der Waals surface area contributed by atoms with Crippen LogP contribution in [0.3, 0.4) is 0 Å². The van der Waals surface area contributed by atoms with E-state index in [0.717, 1.165) is 21.9 Å². The van der Waals surface area contributed by atoms with Gasteiger partial charge in [-0.2, -0.15) is 0 Å². The van der Waals surface area contributed by atoms with Gasteiger partial charge in [-0.25, -0.2) is 0 Å². The van der Waals surface area contributed by atoms with Crippen LogP contribution in [0.4, 0.5) is 11.4 Å². The number of ketones is 1. The molecule has 2 aromatic rings. The summed E-state index contributed by atoms with van der Waals surface area (Å²) in [6.07, 6.45) is 0.623. The third-order valence-electron chi connectivity index (χ3n) is 5.27. The Morgan fingerprint density at radius 1 is 1.19 bits per heavy atom. The van der Waals surface area contributed by atoms with E-state index in [1.54, 1.807) is 11.3 Å². The van der Waals surface area contributed by atoms with E-state index in [4.69, 9.17) is 4.74 Å². The molecular formula is C21H22N2O3S. The molecule has 0 radical (unpaired) electrons. The number of methoxy groups -OCH3 is 1. The zero-order chi connectivity index (χ0) is 19.1. The molecule has 0 saturated heterocycles. The van der Waals surface area contributed by atoms with Crippen LogP contribution in [0, 0.1) is 18.8 Å². The van der Waals surface area contributed by atoms with Crippen molar-refractivity contribution in [3.05, 3.63) is 57.4 Å². The molecule has 0 bridgehead atoms. The summed E-state index contributed by atoms with van der Waals surface area (Å²) in [5.74, 6) is -1.49. The third kappa shape index (κ3) is 3.04. The molecule has 2 aliphatic rings. The summed E-state index contributed by atoms with van der Waals surface area (Å²) in [6, 6.07) is 11.7. The van der Waals surface area contributed by atoms with E-state index in [1.165, 1.54) is 12.0 Å². The Kier molecular flexibility index (Phi) is 4.52. The molecule has 1 aliphatic heterocycles. The van der Waals surface area contributed by atoms with Gasteiger partial charge < -0.3 is 15.4 Å². The van der Waals surface area contributed by atoms with Crippen molar-refractivity contribution in [3.63, 3.8) is 0 Å². The van der Waals surface area contributed by atoms with Crippen LogP contribution < -0.4 is 10.6 Å². The lowest BCUT2D eigenvalue weighted by molar-refractivity contribution is -0.151. The third-order valence-corrected chi connectivity index (χ3v) is 6.34. The first-order chi connectivity index (χ1) is 13.0. The molecular weight excluding hydrogens is 360 g/mol. The SMILES string of the molecule is COC(=O)[C@@H]1C(=O)C2=C(C[C@@H]1C)Nc1ccccc1N[C@@H]2c1ccc(C)s1. The molecule has 0 saturated carbocycles. The molecule has 4 rings (SSSR count). The maximum absolute atomic E-state index is 13.4. The number of ether oxygens (including phenoxy) is 1. The smallest absolute Gasteiger partial charge is 0.316 e. The predicted molar refractivity (Wildman–Crippen MR) is 107 cm³/mol. The maximum atomic E-state index is 13.4. The molecule has 2 N–H and O–H groups in total. The monoisotopic (exact) mass is 382 g/mol. The van der Waals surface area contributed by atoms with Crippen LogP contribution in [0.1, 0.15) is 29.1 Å². The molecule has 0 unspecified atom stereocenters. The number of aryl methyl sites for hydroxylation is 1. The molecule has 2 heterocycles. The number of rotatable bonds is 2. The minimum atomic E-state index is -0.762. The molecule has 5 nitrogen and oxygen atoms in total. The fourth-order valence-electron chi connectivity index (χ4n) is 3.96. The van der Waals surface area contributed by atoms with Crippen molar-refractivity contribution in [3.8, 4) is 0 Å². The van der Waals surface area contributed by atoms with Crippen molar-refractivity contribution < 1.29 is 14.3 Å². The normalized spacial score (nSPS) is 24.3. The fourth-order valence-corrected chi connectivity index (χ4v) is 4.89. The maximum Gasteiger partial charge on any atom is 0.316 e. The number of esters is 1. The lowest BCUT2D eigenvalue weighted by atomic mass is 9.75. The number of allylic oxidation sites excluding steroid dienone is 1. The average Bonchev–Trinajstić information content (AvgIpc) is 3.00. The van der Waals surface area contributed by atoms with Gasteiger partial charge in [-0.1, -0.05) is 19.1 Å². The van der Waals surface area contributed by atoms with Gasteiger partial charge in [-0.05, 0) is 43.5 Å². The van der Waals surface area contributed by atoms with E-state index in [1.807, 2.05) is 38.1 Å². The highest BCUT2D eigenvalue weighted by atomic mass is 32.1. The number of benzene rings is 1. The largest absolute Gasteiger partial charge is 0.468 e. The first kappa shape index (κ1) is 17.8. The highest BCUT2D eigenvalue weighted by Gasteiger charge is 2.44. The molecule has 0 spiro atoms. The van der Waals surface area contributed by atoms with Crippen LogP contribution in [0.15, 0.2) is 47.7 Å². The molecule has 6 heteroatoms. The van der Waals surface area contributed by atoms with Gasteiger partial charge in [0.05, 0.1) is 24.5 Å². The van der Waals surface area contributed by atoms with E-state index in [0.29, 0.717) is 12.0 Å². The number of para-hydroxylation sites is 2. The molecule has 0 amide bonds. The predicted octanol–water partition coefficient (Wildman–Crippen LogP) is 4.29. The number of hydrogen-bond donors (Lipinski definition) is 2. The Morgan fingerprint density at radius 2 is 1.93 bits per heavy atom. The van der Waals surface area contributed by atoms with Crippen molar-refractivity contribution in [1.29, 1.82) is 0 Å². The first-order valence-electron chi connectivity index (χ1n) is 9.03. The van der Waals surface area contributed by atoms with Crippen LogP contribution in [0.25, 0.3) is 0 Å². The van der Waals surface area contributed by atoms with Crippen molar-refractivity contribution in [2.45, 2.75) is 26.3 Å². The summed E-state index contributed by atoms with van der Waals surface area (Å²) in [4.78, 5) is 28.0. The zero-order valence-electron chi connectivity index (χ0n) is 15.5. The van der Waals surface area contributed by atoms with Crippen LogP contribution in [-0.4, -0.2) is 18.9 Å². The number of Topliss-reactive ketones (excluding diaryl/α,β-unsaturated/α-hetero) is 1. The van der Waals surface area contributed by atoms with E-state index in [9.17, 15) is 9.59 Å². The second-order valence-electron chi connectivity index (χ2n) is 7.14. The number of thiophene rings is 1. The van der Waals surface area contributed by atoms with Gasteiger partial charge in [-0.15, -0.1) is 11.3 Å². The summed E-state index contributed by atoms with van der Waals surface area (Å²) in [7, 11) is 1.34. The summed E-state index contributed by atoms with van der Waals surface area (Å²) >= 11 is 1.66. The topological polar surface area (TPSA) is 67.4 Å². The van der Waals surface area contributed by atoms with Crippen molar-refractivity contribution in [1.82, 2.24) is 0 Å². The van der Waals surface area contributed by atoms with Gasteiger partial charge in [0.15, 0.2) is 5.78 Å². The minimum Gasteiger partial charge on any atom is -0.468 e. The van der Waals surface area contributed by atoms with Gasteiger partial charge in [-0.3, -0.25) is 9.59 Å². The average molecular weight is 382 g/mol. The molecule has 0 fully saturated rings. The number of carbonyl (C=O) groups is 2. The van der Waals surface area contributed by atoms with Gasteiger partial charge in [0.2, 0.25) is 0 Å². The van der Waals surface area contributed by atoms with Gasteiger partial charge in [0, 0.05) is 21.0 Å². The Hall–Kier alpha value is -2.60. The first-order valence-corrected chi connectivity index (χ1v) is 9.85. The molecule has 1 aromatic heterocycles. The molecule has 140 valence electrons. The van der Waals surface area contributed by atoms with E-state index < -0.39 is 11.9 Å². The van der Waals surface area contributed by atoms with E-state index >= 15 is 0 Å². The summed E-state index contributed by atoms with van der Waals surface area (Å²) in [6.45, 7) is 3.98. The van der Waals surface area contributed by atoms with Crippen LogP contribution in [-0.2, 0) is 14.3 Å². The molecule has 1 aliphatic carbocycles. The lowest BCUT2D eigenvalue weighted by Crippen LogP contribution is -2.39. The quantitative estimate of drug-likeness (QED) is 0.599. The Balaban J connectivity index is 1.86. The molecule has 3 atom stereocenters. The molecule has 27 heavy (non-hydrogen) atoms. The molecule has 1 aromatic carbocycles. The van der Waals surface area contributed by atoms with Crippen LogP contribution >= 0.6 is 11.3 Å². The van der Waals surface area contributed by atoms with E-state index in [2.05, 4.69) is 22.8 Å². The Bertz CT molecular complexity index is 946. The summed E-state index contributed by atoms with van der Waals surface area (Å²) in [5.41, 5.74) is 3.41. The highest BCUT2D eigenvalue weighted by molar-refractivity contribution is 7.12. The van der Waals surface area contributed by atoms with Crippen molar-refractivity contribution in [2.24, 2.45) is 11.8 Å². The van der Waals surface area contributed by atoms with Crippen molar-refractivity contribution in [2.75, 3.05) is 17.7 Å². The van der Waals surface area contributed by atoms with Crippen molar-refractivity contribution >= 4 is 34.5 Å². The van der Waals surface area contributed by atoms with Gasteiger partial charge in [0.25, 0.3) is 0 Å².